The fraction of sp³-hybridized carbons (Fsp3) is 0.118. The predicted molar refractivity (Wildman–Crippen MR) is 75.1 cm³/mol. The Bertz CT molecular complexity index is 559. The molecule has 0 N–H and O–H groups in total. The van der Waals surface area contributed by atoms with Crippen LogP contribution in [0, 0.1) is 26.0 Å². The molecule has 0 aliphatic heterocycles. The zero-order valence-electron chi connectivity index (χ0n) is 10.7. The SMILES string of the molecule is Cc1c#cccc(C)cccccc(=O)ccc1. The topological polar surface area (TPSA) is 17.1 Å². The molecule has 0 aromatic heterocycles. The van der Waals surface area contributed by atoms with Gasteiger partial charge in [-0.15, -0.1) is 0 Å². The molecule has 0 saturated carbocycles. The second-order valence-electron chi connectivity index (χ2n) is 3.87. The Morgan fingerprint density at radius 2 is 1.56 bits per heavy atom. The summed E-state index contributed by atoms with van der Waals surface area (Å²) in [4.78, 5) is 11.4. The first-order valence-corrected chi connectivity index (χ1v) is 5.77. The summed E-state index contributed by atoms with van der Waals surface area (Å²) in [6.45, 7) is 3.91. The molecule has 18 heavy (non-hydrogen) atoms. The highest BCUT2D eigenvalue weighted by Crippen LogP contribution is 1.88. The maximum absolute atomic E-state index is 11.4. The average Bonchev–Trinajstić information content (AvgIpc) is 2.34. The fourth-order valence-corrected chi connectivity index (χ4v) is 1.19. The van der Waals surface area contributed by atoms with Gasteiger partial charge in [0.1, 0.15) is 0 Å². The highest BCUT2D eigenvalue weighted by molar-refractivity contribution is 5.08. The van der Waals surface area contributed by atoms with Gasteiger partial charge in [0.25, 0.3) is 0 Å². The van der Waals surface area contributed by atoms with Gasteiger partial charge in [-0.2, -0.15) is 0 Å². The van der Waals surface area contributed by atoms with E-state index < -0.39 is 0 Å². The summed E-state index contributed by atoms with van der Waals surface area (Å²) < 4.78 is 0. The number of rotatable bonds is 0. The monoisotopic (exact) mass is 236 g/mol. The van der Waals surface area contributed by atoms with E-state index in [1.165, 1.54) is 12.1 Å². The largest absolute Gasteiger partial charge is 0.290 e. The minimum Gasteiger partial charge on any atom is -0.290 e. The fourth-order valence-electron chi connectivity index (χ4n) is 1.19. The summed E-state index contributed by atoms with van der Waals surface area (Å²) in [6.07, 6.45) is 0. The van der Waals surface area contributed by atoms with Crippen LogP contribution in [-0.4, -0.2) is 0 Å². The zero-order chi connectivity index (χ0) is 13.2. The molecule has 0 amide bonds. The Hall–Kier alpha value is -2.33. The Balaban J connectivity index is 3.37. The van der Waals surface area contributed by atoms with Gasteiger partial charge in [0, 0.05) is 0 Å². The van der Waals surface area contributed by atoms with Crippen LogP contribution in [0.4, 0.5) is 0 Å². The molecule has 0 heterocycles. The van der Waals surface area contributed by atoms with Crippen LogP contribution in [0.15, 0.2) is 65.5 Å². The first-order chi connectivity index (χ1) is 8.68. The van der Waals surface area contributed by atoms with Crippen molar-refractivity contribution in [1.82, 2.24) is 0 Å². The van der Waals surface area contributed by atoms with Crippen molar-refractivity contribution in [2.75, 3.05) is 0 Å². The highest BCUT2D eigenvalue weighted by Gasteiger charge is 1.73. The summed E-state index contributed by atoms with van der Waals surface area (Å²) in [5.41, 5.74) is 1.99. The molecule has 0 saturated heterocycles. The maximum atomic E-state index is 11.4. The molecule has 0 radical (unpaired) electrons. The molecule has 0 bridgehead atoms. The van der Waals surface area contributed by atoms with Gasteiger partial charge in [-0.3, -0.25) is 4.79 Å². The zero-order valence-corrected chi connectivity index (χ0v) is 10.7. The van der Waals surface area contributed by atoms with Gasteiger partial charge in [-0.25, -0.2) is 0 Å². The summed E-state index contributed by atoms with van der Waals surface area (Å²) in [5.74, 6) is 0. The predicted octanol–water partition coefficient (Wildman–Crippen LogP) is 3.51. The minimum absolute atomic E-state index is 0.0367. The van der Waals surface area contributed by atoms with E-state index in [0.29, 0.717) is 0 Å². The third-order valence-corrected chi connectivity index (χ3v) is 2.15. The van der Waals surface area contributed by atoms with Crippen LogP contribution in [0.5, 0.6) is 0 Å². The van der Waals surface area contributed by atoms with E-state index in [1.807, 2.05) is 50.2 Å². The van der Waals surface area contributed by atoms with E-state index in [0.717, 1.165) is 11.1 Å². The molecule has 0 aliphatic rings. The van der Waals surface area contributed by atoms with Crippen molar-refractivity contribution in [3.63, 3.8) is 0 Å². The van der Waals surface area contributed by atoms with Gasteiger partial charge in [0.15, 0.2) is 5.43 Å². The Kier molecular flexibility index (Phi) is 6.00. The maximum Gasteiger partial charge on any atom is 0.178 e. The molecule has 0 fully saturated rings. The number of hydrogen-bond donors (Lipinski definition) is 0. The van der Waals surface area contributed by atoms with Crippen molar-refractivity contribution < 1.29 is 0 Å². The third kappa shape index (κ3) is 6.30. The Morgan fingerprint density at radius 1 is 0.833 bits per heavy atom. The smallest absolute Gasteiger partial charge is 0.178 e. The standard InChI is InChI=1S/C17H16O/c1-15-9-4-3-5-13-17(18)14-8-12-16(2)11-7-6-10-15/h3-6,8-10,12-14H,1-2H3. The average molecular weight is 236 g/mol. The lowest BCUT2D eigenvalue weighted by Crippen LogP contribution is -1.88. The lowest BCUT2D eigenvalue weighted by molar-refractivity contribution is 1.49. The van der Waals surface area contributed by atoms with Crippen molar-refractivity contribution in [3.05, 3.63) is 94.1 Å². The first-order valence-electron chi connectivity index (χ1n) is 5.77. The summed E-state index contributed by atoms with van der Waals surface area (Å²) in [7, 11) is 0. The third-order valence-electron chi connectivity index (χ3n) is 2.15. The summed E-state index contributed by atoms with van der Waals surface area (Å²) in [6, 6.07) is 23.7. The van der Waals surface area contributed by atoms with E-state index in [4.69, 9.17) is 0 Å². The molecule has 0 spiro atoms. The molecule has 0 unspecified atom stereocenters. The lowest BCUT2D eigenvalue weighted by Gasteiger charge is -1.77. The van der Waals surface area contributed by atoms with Crippen LogP contribution in [0.2, 0.25) is 0 Å². The first kappa shape index (κ1) is 13.7. The Morgan fingerprint density at radius 3 is 2.39 bits per heavy atom. The molecule has 1 aromatic carbocycles. The van der Waals surface area contributed by atoms with E-state index in [9.17, 15) is 4.79 Å². The molecular formula is C17H16O. The van der Waals surface area contributed by atoms with Crippen LogP contribution in [-0.2, 0) is 0 Å². The van der Waals surface area contributed by atoms with Crippen LogP contribution in [0.3, 0.4) is 0 Å². The van der Waals surface area contributed by atoms with E-state index >= 15 is 0 Å². The molecule has 0 aliphatic carbocycles. The van der Waals surface area contributed by atoms with Crippen molar-refractivity contribution in [2.24, 2.45) is 0 Å². The molecule has 90 valence electrons. The van der Waals surface area contributed by atoms with Crippen LogP contribution >= 0.6 is 0 Å². The number of hydrogen-bond acceptors (Lipinski definition) is 1. The molecule has 0 atom stereocenters. The van der Waals surface area contributed by atoms with E-state index in [-0.39, 0.29) is 5.43 Å². The van der Waals surface area contributed by atoms with Gasteiger partial charge < -0.3 is 0 Å². The minimum atomic E-state index is -0.0367. The Labute approximate surface area is 108 Å². The van der Waals surface area contributed by atoms with Crippen LogP contribution in [0.25, 0.3) is 0 Å². The van der Waals surface area contributed by atoms with Gasteiger partial charge >= 0.3 is 0 Å². The normalized spacial score (nSPS) is 8.33. The lowest BCUT2D eigenvalue weighted by atomic mass is 10.3. The summed E-state index contributed by atoms with van der Waals surface area (Å²) >= 11 is 0. The quantitative estimate of drug-likeness (QED) is 0.673. The van der Waals surface area contributed by atoms with E-state index in [1.54, 1.807) is 12.1 Å². The molecular weight excluding hydrogens is 220 g/mol. The van der Waals surface area contributed by atoms with Gasteiger partial charge in [-0.05, 0) is 37.6 Å². The molecule has 1 heteroatoms. The molecule has 1 aromatic rings. The van der Waals surface area contributed by atoms with Gasteiger partial charge in [0.05, 0.1) is 0 Å². The van der Waals surface area contributed by atoms with Crippen molar-refractivity contribution >= 4 is 0 Å². The molecule has 1 rings (SSSR count). The van der Waals surface area contributed by atoms with Crippen molar-refractivity contribution in [1.29, 1.82) is 0 Å². The van der Waals surface area contributed by atoms with Gasteiger partial charge in [0.2, 0.25) is 0 Å². The summed E-state index contributed by atoms with van der Waals surface area (Å²) in [5, 5.41) is 0. The highest BCUT2D eigenvalue weighted by atomic mass is 16.1. The number of aryl methyl sites for hydroxylation is 2. The van der Waals surface area contributed by atoms with Gasteiger partial charge in [-0.1, -0.05) is 60.2 Å². The van der Waals surface area contributed by atoms with Crippen LogP contribution in [0.1, 0.15) is 11.1 Å². The molecule has 1 nitrogen and oxygen atoms in total. The van der Waals surface area contributed by atoms with Crippen molar-refractivity contribution in [3.8, 4) is 0 Å². The second kappa shape index (κ2) is 7.86. The van der Waals surface area contributed by atoms with E-state index in [2.05, 4.69) is 12.1 Å². The van der Waals surface area contributed by atoms with Crippen LogP contribution < -0.4 is 5.43 Å². The van der Waals surface area contributed by atoms with Crippen molar-refractivity contribution in [2.45, 2.75) is 13.8 Å². The second-order valence-corrected chi connectivity index (χ2v) is 3.87.